The monoisotopic (exact) mass is 383 g/mol. The molecule has 0 saturated carbocycles. The number of carbonyl (C=O) groups excluding carboxylic acids is 1. The molecule has 0 fully saturated rings. The number of anilines is 1. The lowest BCUT2D eigenvalue weighted by molar-refractivity contribution is -0.115. The third-order valence-corrected chi connectivity index (χ3v) is 4.63. The van der Waals surface area contributed by atoms with Gasteiger partial charge in [0.05, 0.1) is 0 Å². The highest BCUT2D eigenvalue weighted by Gasteiger charge is 2.05. The fourth-order valence-electron chi connectivity index (χ4n) is 1.77. The van der Waals surface area contributed by atoms with E-state index in [4.69, 9.17) is 11.6 Å². The van der Waals surface area contributed by atoms with Crippen LogP contribution in [0, 0.1) is 6.92 Å². The number of amides is 1. The highest BCUT2D eigenvalue weighted by atomic mass is 79.9. The Kier molecular flexibility index (Phi) is 6.15. The van der Waals surface area contributed by atoms with Crippen molar-refractivity contribution >= 4 is 50.9 Å². The Hall–Kier alpha value is -0.970. The van der Waals surface area contributed by atoms with Crippen molar-refractivity contribution in [3.63, 3.8) is 0 Å². The maximum atomic E-state index is 11.9. The summed E-state index contributed by atoms with van der Waals surface area (Å²) in [5.74, 6) is 0.769. The first-order valence-corrected chi connectivity index (χ1v) is 8.64. The molecule has 21 heavy (non-hydrogen) atoms. The number of halogens is 2. The number of rotatable bonds is 5. The zero-order valence-electron chi connectivity index (χ0n) is 11.5. The van der Waals surface area contributed by atoms with Gasteiger partial charge in [0, 0.05) is 32.3 Å². The van der Waals surface area contributed by atoms with E-state index in [1.54, 1.807) is 11.8 Å². The van der Waals surface area contributed by atoms with Gasteiger partial charge in [0.1, 0.15) is 0 Å². The van der Waals surface area contributed by atoms with E-state index in [0.717, 1.165) is 31.4 Å². The van der Waals surface area contributed by atoms with Gasteiger partial charge in [-0.25, -0.2) is 0 Å². The second-order valence-corrected chi connectivity index (χ2v) is 7.08. The van der Waals surface area contributed by atoms with Crippen molar-refractivity contribution in [2.75, 3.05) is 11.1 Å². The lowest BCUT2D eigenvalue weighted by atomic mass is 10.2. The van der Waals surface area contributed by atoms with Gasteiger partial charge in [-0.2, -0.15) is 0 Å². The Morgan fingerprint density at radius 2 is 1.95 bits per heavy atom. The van der Waals surface area contributed by atoms with Crippen molar-refractivity contribution in [2.45, 2.75) is 18.2 Å². The summed E-state index contributed by atoms with van der Waals surface area (Å²) in [5.41, 5.74) is 1.91. The molecule has 0 aliphatic heterocycles. The van der Waals surface area contributed by atoms with E-state index >= 15 is 0 Å². The molecule has 0 atom stereocenters. The van der Waals surface area contributed by atoms with Gasteiger partial charge >= 0.3 is 0 Å². The molecule has 110 valence electrons. The molecule has 2 aromatic rings. The first-order chi connectivity index (χ1) is 10.0. The van der Waals surface area contributed by atoms with Crippen LogP contribution in [0.15, 0.2) is 51.8 Å². The Labute approximate surface area is 142 Å². The molecule has 2 nitrogen and oxygen atoms in total. The van der Waals surface area contributed by atoms with E-state index in [1.807, 2.05) is 49.4 Å². The van der Waals surface area contributed by atoms with Crippen molar-refractivity contribution in [3.05, 3.63) is 57.5 Å². The maximum Gasteiger partial charge on any atom is 0.225 e. The zero-order valence-corrected chi connectivity index (χ0v) is 14.7. The van der Waals surface area contributed by atoms with Crippen LogP contribution in [-0.2, 0) is 4.79 Å². The molecule has 0 spiro atoms. The predicted octanol–water partition coefficient (Wildman–Crippen LogP) is 5.53. The molecule has 0 saturated heterocycles. The van der Waals surface area contributed by atoms with Gasteiger partial charge in [-0.15, -0.1) is 11.8 Å². The van der Waals surface area contributed by atoms with Crippen molar-refractivity contribution in [1.82, 2.24) is 0 Å². The summed E-state index contributed by atoms with van der Waals surface area (Å²) < 4.78 is 1.01. The van der Waals surface area contributed by atoms with Gasteiger partial charge in [-0.3, -0.25) is 4.79 Å². The third-order valence-electron chi connectivity index (χ3n) is 2.87. The number of benzene rings is 2. The molecule has 0 aliphatic rings. The second kappa shape index (κ2) is 7.87. The minimum absolute atomic E-state index is 0.0295. The molecule has 1 N–H and O–H groups in total. The molecular weight excluding hydrogens is 370 g/mol. The quantitative estimate of drug-likeness (QED) is 0.686. The van der Waals surface area contributed by atoms with Crippen LogP contribution in [0.3, 0.4) is 0 Å². The Balaban J connectivity index is 1.81. The molecule has 1 amide bonds. The number of aryl methyl sites for hydroxylation is 1. The number of nitrogens with one attached hydrogen (secondary N) is 1. The van der Waals surface area contributed by atoms with E-state index in [-0.39, 0.29) is 5.91 Å². The van der Waals surface area contributed by atoms with Crippen molar-refractivity contribution in [1.29, 1.82) is 0 Å². The first kappa shape index (κ1) is 16.4. The summed E-state index contributed by atoms with van der Waals surface area (Å²) in [6.45, 7) is 1.98. The van der Waals surface area contributed by atoms with Crippen LogP contribution in [0.2, 0.25) is 5.02 Å². The molecule has 0 heterocycles. The molecular formula is C16H15BrClNOS. The van der Waals surface area contributed by atoms with E-state index in [0.29, 0.717) is 6.42 Å². The molecule has 0 aromatic heterocycles. The summed E-state index contributed by atoms with van der Waals surface area (Å²) in [4.78, 5) is 13.1. The summed E-state index contributed by atoms with van der Waals surface area (Å²) >= 11 is 10.9. The molecule has 0 unspecified atom stereocenters. The van der Waals surface area contributed by atoms with Crippen LogP contribution in [0.4, 0.5) is 5.69 Å². The standard InChI is InChI=1S/C16H15BrClNOS/c1-11-10-12(17)2-7-15(11)19-16(20)8-9-21-14-5-3-13(18)4-6-14/h2-7,10H,8-9H2,1H3,(H,19,20). The summed E-state index contributed by atoms with van der Waals surface area (Å²) in [6, 6.07) is 13.4. The first-order valence-electron chi connectivity index (χ1n) is 6.49. The minimum atomic E-state index is 0.0295. The van der Waals surface area contributed by atoms with Gasteiger partial charge in [-0.05, 0) is 55.0 Å². The Morgan fingerprint density at radius 3 is 2.62 bits per heavy atom. The second-order valence-electron chi connectivity index (χ2n) is 4.56. The zero-order chi connectivity index (χ0) is 15.2. The van der Waals surface area contributed by atoms with Crippen molar-refractivity contribution in [2.24, 2.45) is 0 Å². The average molecular weight is 385 g/mol. The number of carbonyl (C=O) groups is 1. The number of hydrogen-bond acceptors (Lipinski definition) is 2. The lowest BCUT2D eigenvalue weighted by Crippen LogP contribution is -2.13. The molecule has 5 heteroatoms. The largest absolute Gasteiger partial charge is 0.326 e. The van der Waals surface area contributed by atoms with Crippen molar-refractivity contribution in [3.8, 4) is 0 Å². The van der Waals surface area contributed by atoms with Gasteiger partial charge in [-0.1, -0.05) is 27.5 Å². The van der Waals surface area contributed by atoms with Crippen LogP contribution in [0.5, 0.6) is 0 Å². The summed E-state index contributed by atoms with van der Waals surface area (Å²) in [5, 5.41) is 3.66. The van der Waals surface area contributed by atoms with Crippen LogP contribution in [-0.4, -0.2) is 11.7 Å². The van der Waals surface area contributed by atoms with E-state index in [1.165, 1.54) is 0 Å². The normalized spacial score (nSPS) is 10.4. The summed E-state index contributed by atoms with van der Waals surface area (Å²) in [7, 11) is 0. The smallest absolute Gasteiger partial charge is 0.225 e. The van der Waals surface area contributed by atoms with E-state index < -0.39 is 0 Å². The van der Waals surface area contributed by atoms with Gasteiger partial charge in [0.2, 0.25) is 5.91 Å². The molecule has 2 aromatic carbocycles. The van der Waals surface area contributed by atoms with Gasteiger partial charge < -0.3 is 5.32 Å². The highest BCUT2D eigenvalue weighted by Crippen LogP contribution is 2.22. The SMILES string of the molecule is Cc1cc(Br)ccc1NC(=O)CCSc1ccc(Cl)cc1. The van der Waals surface area contributed by atoms with Crippen LogP contribution < -0.4 is 5.32 Å². The van der Waals surface area contributed by atoms with Crippen molar-refractivity contribution < 1.29 is 4.79 Å². The third kappa shape index (κ3) is 5.38. The summed E-state index contributed by atoms with van der Waals surface area (Å²) in [6.07, 6.45) is 0.475. The van der Waals surface area contributed by atoms with Crippen LogP contribution in [0.1, 0.15) is 12.0 Å². The fourth-order valence-corrected chi connectivity index (χ4v) is 3.23. The van der Waals surface area contributed by atoms with Crippen LogP contribution in [0.25, 0.3) is 0 Å². The highest BCUT2D eigenvalue weighted by molar-refractivity contribution is 9.10. The predicted molar refractivity (Wildman–Crippen MR) is 94.3 cm³/mol. The number of thioether (sulfide) groups is 1. The Bertz CT molecular complexity index is 631. The Morgan fingerprint density at radius 1 is 1.24 bits per heavy atom. The average Bonchev–Trinajstić information content (AvgIpc) is 2.44. The topological polar surface area (TPSA) is 29.1 Å². The lowest BCUT2D eigenvalue weighted by Gasteiger charge is -2.08. The fraction of sp³-hybridized carbons (Fsp3) is 0.188. The maximum absolute atomic E-state index is 11.9. The van der Waals surface area contributed by atoms with E-state index in [9.17, 15) is 4.79 Å². The van der Waals surface area contributed by atoms with E-state index in [2.05, 4.69) is 21.2 Å². The molecule has 0 radical (unpaired) electrons. The molecule has 0 aliphatic carbocycles. The van der Waals surface area contributed by atoms with Gasteiger partial charge in [0.25, 0.3) is 0 Å². The number of hydrogen-bond donors (Lipinski definition) is 1. The van der Waals surface area contributed by atoms with Crippen LogP contribution >= 0.6 is 39.3 Å². The minimum Gasteiger partial charge on any atom is -0.326 e. The molecule has 0 bridgehead atoms. The molecule has 2 rings (SSSR count). The van der Waals surface area contributed by atoms with Gasteiger partial charge in [0.15, 0.2) is 0 Å².